The zero-order valence-electron chi connectivity index (χ0n) is 15.2. The van der Waals surface area contributed by atoms with E-state index in [4.69, 9.17) is 14.6 Å². The van der Waals surface area contributed by atoms with Crippen molar-refractivity contribution in [1.82, 2.24) is 4.90 Å². The van der Waals surface area contributed by atoms with E-state index in [1.807, 2.05) is 0 Å². The van der Waals surface area contributed by atoms with Crippen molar-refractivity contribution in [2.45, 2.75) is 19.8 Å². The number of esters is 2. The smallest absolute Gasteiger partial charge is 0.333 e. The lowest BCUT2D eigenvalue weighted by atomic mass is 10.0. The van der Waals surface area contributed by atoms with E-state index in [1.54, 1.807) is 12.1 Å². The van der Waals surface area contributed by atoms with Crippen molar-refractivity contribution in [1.29, 1.82) is 0 Å². The minimum atomic E-state index is -1.24. The first kappa shape index (κ1) is 20.8. The van der Waals surface area contributed by atoms with E-state index in [2.05, 4.69) is 6.58 Å². The van der Waals surface area contributed by atoms with Crippen LogP contribution in [0.4, 0.5) is 0 Å². The maximum atomic E-state index is 12.2. The van der Waals surface area contributed by atoms with E-state index in [1.165, 1.54) is 19.1 Å². The summed E-state index contributed by atoms with van der Waals surface area (Å²) in [6.45, 7) is 4.03. The van der Waals surface area contributed by atoms with Crippen LogP contribution in [0.25, 0.3) is 0 Å². The standard InChI is InChI=1S/C19H19NO8/c1-11(2)18(25)27-8-7-12(9-15(21)22)19(26)28-10-20-16(23)13-5-3-4-6-14(13)17(20)24/h3-6,12H,1,7-10H2,2H3,(H,21,22). The molecule has 1 aromatic rings. The molecule has 1 unspecified atom stereocenters. The molecule has 0 aliphatic carbocycles. The fraction of sp³-hybridized carbons (Fsp3) is 0.316. The largest absolute Gasteiger partial charge is 0.481 e. The minimum absolute atomic E-state index is 0.0910. The first-order valence-corrected chi connectivity index (χ1v) is 8.38. The third-order valence-corrected chi connectivity index (χ3v) is 4.02. The molecule has 28 heavy (non-hydrogen) atoms. The van der Waals surface area contributed by atoms with Crippen LogP contribution in [0.2, 0.25) is 0 Å². The molecule has 1 aromatic carbocycles. The van der Waals surface area contributed by atoms with Gasteiger partial charge in [-0.05, 0) is 25.5 Å². The number of aliphatic carboxylic acids is 1. The summed E-state index contributed by atoms with van der Waals surface area (Å²) in [5.41, 5.74) is 0.581. The molecule has 1 aliphatic rings. The van der Waals surface area contributed by atoms with Crippen LogP contribution in [-0.4, -0.2) is 53.1 Å². The predicted octanol–water partition coefficient (Wildman–Crippen LogP) is 1.38. The summed E-state index contributed by atoms with van der Waals surface area (Å²) in [7, 11) is 0. The molecule has 1 aliphatic heterocycles. The second-order valence-corrected chi connectivity index (χ2v) is 6.18. The summed E-state index contributed by atoms with van der Waals surface area (Å²) in [4.78, 5) is 59.8. The number of hydrogen-bond donors (Lipinski definition) is 1. The Balaban J connectivity index is 1.95. The maximum Gasteiger partial charge on any atom is 0.333 e. The van der Waals surface area contributed by atoms with Crippen LogP contribution in [0.3, 0.4) is 0 Å². The normalized spacial score (nSPS) is 13.7. The van der Waals surface area contributed by atoms with Crippen molar-refractivity contribution < 1.29 is 38.6 Å². The second kappa shape index (κ2) is 8.94. The average Bonchev–Trinajstić information content (AvgIpc) is 2.89. The summed E-state index contributed by atoms with van der Waals surface area (Å²) in [5.74, 6) is -5.12. The highest BCUT2D eigenvalue weighted by molar-refractivity contribution is 6.21. The van der Waals surface area contributed by atoms with Gasteiger partial charge < -0.3 is 14.6 Å². The molecule has 1 N–H and O–H groups in total. The van der Waals surface area contributed by atoms with E-state index < -0.39 is 48.8 Å². The van der Waals surface area contributed by atoms with Gasteiger partial charge in [-0.3, -0.25) is 19.2 Å². The first-order valence-electron chi connectivity index (χ1n) is 8.38. The first-order chi connectivity index (χ1) is 13.2. The number of carbonyl (C=O) groups excluding carboxylic acids is 4. The second-order valence-electron chi connectivity index (χ2n) is 6.18. The van der Waals surface area contributed by atoms with Gasteiger partial charge in [-0.25, -0.2) is 9.69 Å². The van der Waals surface area contributed by atoms with Gasteiger partial charge in [0.15, 0.2) is 6.73 Å². The van der Waals surface area contributed by atoms with Gasteiger partial charge in [-0.1, -0.05) is 18.7 Å². The molecule has 0 spiro atoms. The average molecular weight is 389 g/mol. The van der Waals surface area contributed by atoms with Crippen LogP contribution in [0.15, 0.2) is 36.4 Å². The monoisotopic (exact) mass is 389 g/mol. The third-order valence-electron chi connectivity index (χ3n) is 4.02. The van der Waals surface area contributed by atoms with Gasteiger partial charge in [-0.15, -0.1) is 0 Å². The van der Waals surface area contributed by atoms with E-state index in [9.17, 15) is 24.0 Å². The Labute approximate surface area is 160 Å². The fourth-order valence-corrected chi connectivity index (χ4v) is 2.53. The molecule has 2 rings (SSSR count). The van der Waals surface area contributed by atoms with Crippen LogP contribution in [0, 0.1) is 5.92 Å². The Bertz CT molecular complexity index is 809. The van der Waals surface area contributed by atoms with Gasteiger partial charge in [0.25, 0.3) is 11.8 Å². The van der Waals surface area contributed by atoms with Crippen molar-refractivity contribution in [2.75, 3.05) is 13.3 Å². The van der Waals surface area contributed by atoms with Gasteiger partial charge in [0.1, 0.15) is 0 Å². The molecule has 9 heteroatoms. The molecular weight excluding hydrogens is 370 g/mol. The number of fused-ring (bicyclic) bond motifs is 1. The summed E-state index contributed by atoms with van der Waals surface area (Å²) in [6, 6.07) is 6.18. The van der Waals surface area contributed by atoms with Crippen molar-refractivity contribution in [3.63, 3.8) is 0 Å². The number of rotatable bonds is 9. The van der Waals surface area contributed by atoms with Crippen molar-refractivity contribution in [3.8, 4) is 0 Å². The molecule has 0 fully saturated rings. The van der Waals surface area contributed by atoms with Gasteiger partial charge in [0.2, 0.25) is 0 Å². The lowest BCUT2D eigenvalue weighted by Crippen LogP contribution is -2.35. The zero-order valence-corrected chi connectivity index (χ0v) is 15.2. The molecule has 9 nitrogen and oxygen atoms in total. The van der Waals surface area contributed by atoms with Gasteiger partial charge in [0.05, 0.1) is 30.1 Å². The lowest BCUT2D eigenvalue weighted by Gasteiger charge is -2.18. The van der Waals surface area contributed by atoms with Gasteiger partial charge >= 0.3 is 17.9 Å². The van der Waals surface area contributed by atoms with Gasteiger partial charge in [-0.2, -0.15) is 0 Å². The van der Waals surface area contributed by atoms with E-state index >= 15 is 0 Å². The van der Waals surface area contributed by atoms with Crippen LogP contribution >= 0.6 is 0 Å². The van der Waals surface area contributed by atoms with E-state index in [-0.39, 0.29) is 29.7 Å². The Hall–Kier alpha value is -3.49. The Morgan fingerprint density at radius 3 is 2.18 bits per heavy atom. The number of ether oxygens (including phenoxy) is 2. The highest BCUT2D eigenvalue weighted by atomic mass is 16.5. The number of hydrogen-bond acceptors (Lipinski definition) is 7. The molecule has 1 heterocycles. The molecule has 0 radical (unpaired) electrons. The molecule has 0 bridgehead atoms. The third kappa shape index (κ3) is 4.81. The summed E-state index contributed by atoms with van der Waals surface area (Å²) < 4.78 is 9.85. The molecule has 1 atom stereocenters. The minimum Gasteiger partial charge on any atom is -0.481 e. The molecule has 148 valence electrons. The summed E-state index contributed by atoms with van der Waals surface area (Å²) >= 11 is 0. The molecule has 2 amide bonds. The molecular formula is C19H19NO8. The highest BCUT2D eigenvalue weighted by Crippen LogP contribution is 2.22. The van der Waals surface area contributed by atoms with Crippen molar-refractivity contribution in [2.24, 2.45) is 5.92 Å². The molecule has 0 saturated heterocycles. The zero-order chi connectivity index (χ0) is 20.8. The fourth-order valence-electron chi connectivity index (χ4n) is 2.53. The summed E-state index contributed by atoms with van der Waals surface area (Å²) in [6.07, 6.45) is -0.641. The number of benzene rings is 1. The topological polar surface area (TPSA) is 127 Å². The van der Waals surface area contributed by atoms with E-state index in [0.29, 0.717) is 0 Å². The summed E-state index contributed by atoms with van der Waals surface area (Å²) in [5, 5.41) is 8.96. The van der Waals surface area contributed by atoms with Crippen LogP contribution in [0.5, 0.6) is 0 Å². The van der Waals surface area contributed by atoms with Crippen LogP contribution in [0.1, 0.15) is 40.5 Å². The lowest BCUT2D eigenvalue weighted by molar-refractivity contribution is -0.156. The number of amides is 2. The number of carboxylic acid groups (broad SMARTS) is 1. The Morgan fingerprint density at radius 1 is 1.11 bits per heavy atom. The number of carbonyl (C=O) groups is 5. The Kier molecular flexibility index (Phi) is 6.64. The van der Waals surface area contributed by atoms with E-state index in [0.717, 1.165) is 4.90 Å². The van der Waals surface area contributed by atoms with Crippen LogP contribution in [-0.2, 0) is 23.9 Å². The predicted molar refractivity (Wildman–Crippen MR) is 94.0 cm³/mol. The number of imide groups is 1. The molecule has 0 saturated carbocycles. The van der Waals surface area contributed by atoms with Crippen LogP contribution < -0.4 is 0 Å². The number of carboxylic acids is 1. The van der Waals surface area contributed by atoms with Gasteiger partial charge in [0, 0.05) is 5.57 Å². The molecule has 0 aromatic heterocycles. The highest BCUT2D eigenvalue weighted by Gasteiger charge is 2.36. The SMILES string of the molecule is C=C(C)C(=O)OCCC(CC(=O)O)C(=O)OCN1C(=O)c2ccccc2C1=O. The van der Waals surface area contributed by atoms with Crippen molar-refractivity contribution >= 4 is 29.7 Å². The number of nitrogens with zero attached hydrogens (tertiary/aromatic N) is 1. The Morgan fingerprint density at radius 2 is 1.68 bits per heavy atom. The maximum absolute atomic E-state index is 12.2. The quantitative estimate of drug-likeness (QED) is 0.381. The van der Waals surface area contributed by atoms with Crippen molar-refractivity contribution in [3.05, 3.63) is 47.5 Å².